The molecule has 0 spiro atoms. The lowest BCUT2D eigenvalue weighted by atomic mass is 9.98. The molecule has 1 N–H and O–H groups in total. The Morgan fingerprint density at radius 1 is 1.59 bits per heavy atom. The predicted octanol–water partition coefficient (Wildman–Crippen LogP) is 0.577. The number of hydrogen-bond acceptors (Lipinski definition) is 6. The minimum absolute atomic E-state index is 0.0176. The standard InChI is InChI=1S/C13H21N5O4/c1-5-18(3)7-11-12(15-8(2)19)9(16-17-14)6-10(22-11)13(20)21-4/h6,9,11-12H,5,7H2,1-4H3,(H,15,19)/t9-,11-,12+/m0/s1. The lowest BCUT2D eigenvalue weighted by molar-refractivity contribution is -0.142. The summed E-state index contributed by atoms with van der Waals surface area (Å²) in [6.45, 7) is 4.55. The fourth-order valence-corrected chi connectivity index (χ4v) is 2.14. The Hall–Kier alpha value is -2.25. The van der Waals surface area contributed by atoms with E-state index in [-0.39, 0.29) is 11.7 Å². The highest BCUT2D eigenvalue weighted by Crippen LogP contribution is 2.22. The molecule has 0 aromatic rings. The minimum atomic E-state index is -0.730. The summed E-state index contributed by atoms with van der Waals surface area (Å²) < 4.78 is 10.3. The number of amides is 1. The van der Waals surface area contributed by atoms with E-state index in [0.717, 1.165) is 6.54 Å². The van der Waals surface area contributed by atoms with Crippen LogP contribution in [-0.4, -0.2) is 62.2 Å². The van der Waals surface area contributed by atoms with Crippen molar-refractivity contribution in [2.45, 2.75) is 32.0 Å². The van der Waals surface area contributed by atoms with Crippen molar-refractivity contribution in [3.8, 4) is 0 Å². The summed E-state index contributed by atoms with van der Waals surface area (Å²) in [7, 11) is 3.12. The van der Waals surface area contributed by atoms with Gasteiger partial charge < -0.3 is 19.7 Å². The Morgan fingerprint density at radius 2 is 2.27 bits per heavy atom. The molecule has 0 fully saturated rings. The third-order valence-corrected chi connectivity index (χ3v) is 3.34. The third kappa shape index (κ3) is 4.64. The molecule has 1 aliphatic heterocycles. The minimum Gasteiger partial charge on any atom is -0.480 e. The zero-order chi connectivity index (χ0) is 16.7. The van der Waals surface area contributed by atoms with E-state index in [1.807, 2.05) is 18.9 Å². The Kier molecular flexibility index (Phi) is 6.68. The van der Waals surface area contributed by atoms with E-state index in [2.05, 4.69) is 20.1 Å². The van der Waals surface area contributed by atoms with Crippen LogP contribution in [-0.2, 0) is 19.1 Å². The zero-order valence-corrected chi connectivity index (χ0v) is 13.1. The van der Waals surface area contributed by atoms with E-state index < -0.39 is 24.2 Å². The van der Waals surface area contributed by atoms with Gasteiger partial charge in [0.15, 0.2) is 0 Å². The van der Waals surface area contributed by atoms with Crippen LogP contribution in [0.2, 0.25) is 0 Å². The zero-order valence-electron chi connectivity index (χ0n) is 13.1. The molecular formula is C13H21N5O4. The molecular weight excluding hydrogens is 290 g/mol. The van der Waals surface area contributed by atoms with Gasteiger partial charge in [-0.15, -0.1) is 0 Å². The molecule has 3 atom stereocenters. The first-order chi connectivity index (χ1) is 10.4. The van der Waals surface area contributed by atoms with Gasteiger partial charge in [0.2, 0.25) is 11.7 Å². The average Bonchev–Trinajstić information content (AvgIpc) is 2.48. The molecule has 1 rings (SSSR count). The summed E-state index contributed by atoms with van der Waals surface area (Å²) in [5, 5.41) is 6.37. The van der Waals surface area contributed by atoms with Gasteiger partial charge in [0.05, 0.1) is 19.2 Å². The van der Waals surface area contributed by atoms with E-state index in [4.69, 9.17) is 10.3 Å². The van der Waals surface area contributed by atoms with Gasteiger partial charge in [-0.3, -0.25) is 4.79 Å². The van der Waals surface area contributed by atoms with Crippen molar-refractivity contribution in [2.75, 3.05) is 27.2 Å². The summed E-state index contributed by atoms with van der Waals surface area (Å²) in [6, 6.07) is -1.29. The first-order valence-corrected chi connectivity index (χ1v) is 6.89. The van der Waals surface area contributed by atoms with Crippen LogP contribution in [0.15, 0.2) is 16.9 Å². The smallest absolute Gasteiger partial charge is 0.372 e. The summed E-state index contributed by atoms with van der Waals surface area (Å²) in [5.74, 6) is -0.939. The normalized spacial score (nSPS) is 23.9. The molecule has 1 aliphatic rings. The number of ether oxygens (including phenoxy) is 2. The molecule has 9 nitrogen and oxygen atoms in total. The lowest BCUT2D eigenvalue weighted by Crippen LogP contribution is -2.55. The number of nitrogens with zero attached hydrogens (tertiary/aromatic N) is 4. The number of hydrogen-bond donors (Lipinski definition) is 1. The van der Waals surface area contributed by atoms with Crippen LogP contribution in [0.25, 0.3) is 10.4 Å². The highest BCUT2D eigenvalue weighted by atomic mass is 16.6. The van der Waals surface area contributed by atoms with Crippen LogP contribution in [0.4, 0.5) is 0 Å². The molecule has 0 saturated carbocycles. The van der Waals surface area contributed by atoms with Crippen molar-refractivity contribution in [3.63, 3.8) is 0 Å². The molecule has 1 heterocycles. The SMILES string of the molecule is CCN(C)C[C@@H]1OC(C(=O)OC)=C[C@H](N=[N+]=[N-])[C@H]1NC(C)=O. The average molecular weight is 311 g/mol. The second-order valence-electron chi connectivity index (χ2n) is 4.96. The number of esters is 1. The van der Waals surface area contributed by atoms with Crippen molar-refractivity contribution in [1.29, 1.82) is 0 Å². The maximum Gasteiger partial charge on any atom is 0.372 e. The second-order valence-corrected chi connectivity index (χ2v) is 4.96. The molecule has 22 heavy (non-hydrogen) atoms. The number of carbonyl (C=O) groups is 2. The maximum absolute atomic E-state index is 11.7. The van der Waals surface area contributed by atoms with Gasteiger partial charge in [-0.25, -0.2) is 4.79 Å². The van der Waals surface area contributed by atoms with Gasteiger partial charge in [-0.2, -0.15) is 0 Å². The van der Waals surface area contributed by atoms with E-state index in [1.54, 1.807) is 0 Å². The Balaban J connectivity index is 3.13. The molecule has 0 radical (unpaired) electrons. The van der Waals surface area contributed by atoms with Crippen molar-refractivity contribution in [3.05, 3.63) is 22.3 Å². The van der Waals surface area contributed by atoms with Gasteiger partial charge in [-0.1, -0.05) is 12.0 Å². The van der Waals surface area contributed by atoms with Crippen LogP contribution >= 0.6 is 0 Å². The molecule has 122 valence electrons. The van der Waals surface area contributed by atoms with E-state index in [0.29, 0.717) is 6.54 Å². The maximum atomic E-state index is 11.7. The number of likely N-dealkylation sites (N-methyl/N-ethyl adjacent to an activating group) is 1. The molecule has 0 saturated heterocycles. The van der Waals surface area contributed by atoms with Crippen LogP contribution in [0, 0.1) is 0 Å². The molecule has 9 heteroatoms. The first kappa shape index (κ1) is 17.8. The number of carbonyl (C=O) groups excluding carboxylic acids is 2. The molecule has 0 aromatic heterocycles. The van der Waals surface area contributed by atoms with Crippen molar-refractivity contribution in [1.82, 2.24) is 10.2 Å². The van der Waals surface area contributed by atoms with Crippen LogP contribution < -0.4 is 5.32 Å². The highest BCUT2D eigenvalue weighted by Gasteiger charge is 2.37. The Morgan fingerprint density at radius 3 is 2.77 bits per heavy atom. The van der Waals surface area contributed by atoms with Gasteiger partial charge in [0.25, 0.3) is 0 Å². The van der Waals surface area contributed by atoms with E-state index >= 15 is 0 Å². The molecule has 0 aliphatic carbocycles. The van der Waals surface area contributed by atoms with Gasteiger partial charge in [0.1, 0.15) is 6.10 Å². The molecule has 1 amide bonds. The first-order valence-electron chi connectivity index (χ1n) is 6.89. The fraction of sp³-hybridized carbons (Fsp3) is 0.692. The largest absolute Gasteiger partial charge is 0.480 e. The van der Waals surface area contributed by atoms with Crippen molar-refractivity contribution < 1.29 is 19.1 Å². The summed E-state index contributed by atoms with van der Waals surface area (Å²) in [4.78, 5) is 27.8. The number of nitrogens with one attached hydrogen (secondary N) is 1. The van der Waals surface area contributed by atoms with Crippen molar-refractivity contribution in [2.24, 2.45) is 5.11 Å². The number of methoxy groups -OCH3 is 1. The quantitative estimate of drug-likeness (QED) is 0.333. The van der Waals surface area contributed by atoms with Crippen molar-refractivity contribution >= 4 is 11.9 Å². The summed E-state index contributed by atoms with van der Waals surface area (Å²) in [6.07, 6.45) is 0.831. The van der Waals surface area contributed by atoms with Crippen LogP contribution in [0.5, 0.6) is 0 Å². The van der Waals surface area contributed by atoms with Crippen LogP contribution in [0.3, 0.4) is 0 Å². The lowest BCUT2D eigenvalue weighted by Gasteiger charge is -2.36. The Bertz CT molecular complexity index is 501. The number of rotatable bonds is 6. The van der Waals surface area contributed by atoms with Crippen LogP contribution in [0.1, 0.15) is 13.8 Å². The van der Waals surface area contributed by atoms with Gasteiger partial charge in [-0.05, 0) is 25.2 Å². The van der Waals surface area contributed by atoms with E-state index in [1.165, 1.54) is 20.1 Å². The second kappa shape index (κ2) is 8.26. The summed E-state index contributed by atoms with van der Waals surface area (Å²) in [5.41, 5.74) is 8.72. The summed E-state index contributed by atoms with van der Waals surface area (Å²) >= 11 is 0. The topological polar surface area (TPSA) is 117 Å². The third-order valence-electron chi connectivity index (χ3n) is 3.34. The Labute approximate surface area is 128 Å². The fourth-order valence-electron chi connectivity index (χ4n) is 2.14. The molecule has 0 aromatic carbocycles. The van der Waals surface area contributed by atoms with E-state index in [9.17, 15) is 9.59 Å². The molecule has 0 unspecified atom stereocenters. The van der Waals surface area contributed by atoms with Gasteiger partial charge >= 0.3 is 5.97 Å². The predicted molar refractivity (Wildman–Crippen MR) is 78.7 cm³/mol. The highest BCUT2D eigenvalue weighted by molar-refractivity contribution is 5.86. The monoisotopic (exact) mass is 311 g/mol. The van der Waals surface area contributed by atoms with Gasteiger partial charge in [0, 0.05) is 18.4 Å². The number of azide groups is 1. The molecule has 0 bridgehead atoms.